The molecule has 0 atom stereocenters. The van der Waals surface area contributed by atoms with Gasteiger partial charge in [0.25, 0.3) is 11.8 Å². The minimum Gasteiger partial charge on any atom is -0.461 e. The van der Waals surface area contributed by atoms with Crippen molar-refractivity contribution >= 4 is 34.8 Å². The molecule has 0 radical (unpaired) electrons. The van der Waals surface area contributed by atoms with E-state index in [-0.39, 0.29) is 22.0 Å². The Kier molecular flexibility index (Phi) is 5.13. The zero-order valence-corrected chi connectivity index (χ0v) is 15.6. The number of aromatic nitrogens is 1. The van der Waals surface area contributed by atoms with Gasteiger partial charge < -0.3 is 19.5 Å². The van der Waals surface area contributed by atoms with Crippen LogP contribution in [0.2, 0.25) is 5.02 Å². The molecule has 2 aromatic heterocycles. The maximum Gasteiger partial charge on any atom is 0.278 e. The summed E-state index contributed by atoms with van der Waals surface area (Å²) in [5.41, 5.74) is 1.30. The highest BCUT2D eigenvalue weighted by atomic mass is 35.5. The third kappa shape index (κ3) is 4.04. The molecule has 0 unspecified atom stereocenters. The van der Waals surface area contributed by atoms with E-state index in [0.717, 1.165) is 6.39 Å². The van der Waals surface area contributed by atoms with E-state index in [1.807, 2.05) is 18.2 Å². The van der Waals surface area contributed by atoms with E-state index in [9.17, 15) is 9.59 Å². The summed E-state index contributed by atoms with van der Waals surface area (Å²) in [5, 5.41) is 5.71. The van der Waals surface area contributed by atoms with E-state index in [1.165, 1.54) is 18.4 Å². The molecular weight excluding hydrogens is 394 g/mol. The number of nitrogens with one attached hydrogen (secondary N) is 2. The van der Waals surface area contributed by atoms with Crippen molar-refractivity contribution in [2.75, 3.05) is 10.6 Å². The maximum atomic E-state index is 12.6. The Morgan fingerprint density at radius 3 is 2.41 bits per heavy atom. The molecule has 0 aliphatic carbocycles. The molecule has 0 aliphatic rings. The third-order valence-electron chi connectivity index (χ3n) is 4.03. The van der Waals surface area contributed by atoms with E-state index < -0.39 is 11.8 Å². The van der Waals surface area contributed by atoms with Crippen LogP contribution in [0.25, 0.3) is 11.5 Å². The van der Waals surface area contributed by atoms with Crippen LogP contribution in [0.5, 0.6) is 0 Å². The number of rotatable bonds is 5. The zero-order valence-electron chi connectivity index (χ0n) is 14.9. The highest BCUT2D eigenvalue weighted by molar-refractivity contribution is 6.34. The summed E-state index contributed by atoms with van der Waals surface area (Å²) in [7, 11) is 0. The van der Waals surface area contributed by atoms with Crippen molar-refractivity contribution in [2.45, 2.75) is 0 Å². The van der Waals surface area contributed by atoms with Crippen LogP contribution < -0.4 is 10.6 Å². The SMILES string of the molecule is O=C(Nc1ccccc1)c1cc(NC(=O)c2ncoc2-c2ccco2)ccc1Cl. The summed E-state index contributed by atoms with van der Waals surface area (Å²) < 4.78 is 10.5. The number of benzene rings is 2. The summed E-state index contributed by atoms with van der Waals surface area (Å²) in [5.74, 6) is -0.313. The number of halogens is 1. The summed E-state index contributed by atoms with van der Waals surface area (Å²) in [6.45, 7) is 0. The van der Waals surface area contributed by atoms with Gasteiger partial charge >= 0.3 is 0 Å². The van der Waals surface area contributed by atoms with Gasteiger partial charge in [-0.1, -0.05) is 29.8 Å². The number of carbonyl (C=O) groups is 2. The van der Waals surface area contributed by atoms with E-state index >= 15 is 0 Å². The first-order chi connectivity index (χ1) is 14.1. The topological polar surface area (TPSA) is 97.4 Å². The van der Waals surface area contributed by atoms with Gasteiger partial charge in [0.05, 0.1) is 16.8 Å². The molecule has 0 fully saturated rings. The first-order valence-electron chi connectivity index (χ1n) is 8.56. The number of amides is 2. The number of anilines is 2. The van der Waals surface area contributed by atoms with E-state index in [4.69, 9.17) is 20.4 Å². The fourth-order valence-corrected chi connectivity index (χ4v) is 2.88. The number of carbonyl (C=O) groups excluding carboxylic acids is 2. The van der Waals surface area contributed by atoms with E-state index in [1.54, 1.807) is 30.3 Å². The van der Waals surface area contributed by atoms with Crippen LogP contribution in [0, 0.1) is 0 Å². The van der Waals surface area contributed by atoms with Crippen molar-refractivity contribution in [2.24, 2.45) is 0 Å². The Bertz CT molecular complexity index is 1150. The number of hydrogen-bond donors (Lipinski definition) is 2. The van der Waals surface area contributed by atoms with Gasteiger partial charge in [-0.05, 0) is 42.5 Å². The fourth-order valence-electron chi connectivity index (χ4n) is 2.68. The van der Waals surface area contributed by atoms with Crippen LogP contribution in [0.4, 0.5) is 11.4 Å². The lowest BCUT2D eigenvalue weighted by molar-refractivity contribution is 0.101. The van der Waals surface area contributed by atoms with Crippen LogP contribution in [0.3, 0.4) is 0 Å². The first-order valence-corrected chi connectivity index (χ1v) is 8.94. The minimum absolute atomic E-state index is 0.0604. The fraction of sp³-hybridized carbons (Fsp3) is 0. The van der Waals surface area contributed by atoms with Gasteiger partial charge in [0.2, 0.25) is 5.76 Å². The summed E-state index contributed by atoms with van der Waals surface area (Å²) >= 11 is 6.17. The molecule has 4 rings (SSSR count). The van der Waals surface area contributed by atoms with Gasteiger partial charge in [-0.3, -0.25) is 9.59 Å². The van der Waals surface area contributed by atoms with Crippen molar-refractivity contribution in [1.29, 1.82) is 0 Å². The normalized spacial score (nSPS) is 10.5. The number of para-hydroxylation sites is 1. The van der Waals surface area contributed by atoms with Crippen LogP contribution >= 0.6 is 11.6 Å². The average molecular weight is 408 g/mol. The zero-order chi connectivity index (χ0) is 20.2. The van der Waals surface area contributed by atoms with Gasteiger partial charge in [0, 0.05) is 11.4 Å². The largest absolute Gasteiger partial charge is 0.461 e. The number of hydrogen-bond acceptors (Lipinski definition) is 5. The summed E-state index contributed by atoms with van der Waals surface area (Å²) in [6.07, 6.45) is 2.63. The molecule has 2 N–H and O–H groups in total. The predicted octanol–water partition coefficient (Wildman–Crippen LogP) is 5.09. The Balaban J connectivity index is 1.54. The average Bonchev–Trinajstić information content (AvgIpc) is 3.41. The molecule has 2 heterocycles. The first kappa shape index (κ1) is 18.5. The molecule has 144 valence electrons. The van der Waals surface area contributed by atoms with Crippen molar-refractivity contribution in [3.05, 3.63) is 89.6 Å². The third-order valence-corrected chi connectivity index (χ3v) is 4.36. The van der Waals surface area contributed by atoms with Crippen LogP contribution in [0.1, 0.15) is 20.8 Å². The number of oxazole rings is 1. The Morgan fingerprint density at radius 2 is 1.66 bits per heavy atom. The van der Waals surface area contributed by atoms with Gasteiger partial charge in [-0.2, -0.15) is 0 Å². The smallest absolute Gasteiger partial charge is 0.278 e. The lowest BCUT2D eigenvalue weighted by Crippen LogP contribution is -2.16. The Hall–Kier alpha value is -3.84. The molecule has 8 heteroatoms. The van der Waals surface area contributed by atoms with Crippen LogP contribution in [-0.4, -0.2) is 16.8 Å². The lowest BCUT2D eigenvalue weighted by Gasteiger charge is -2.10. The van der Waals surface area contributed by atoms with Crippen molar-refractivity contribution in [3.63, 3.8) is 0 Å². The standard InChI is InChI=1S/C21H14ClN3O4/c22-16-9-8-14(11-15(16)20(26)24-13-5-2-1-3-6-13)25-21(27)18-19(29-12-23-18)17-7-4-10-28-17/h1-12H,(H,24,26)(H,25,27). The van der Waals surface area contributed by atoms with E-state index in [2.05, 4.69) is 15.6 Å². The number of furan rings is 1. The Labute approximate surface area is 170 Å². The van der Waals surface area contributed by atoms with Gasteiger partial charge in [-0.15, -0.1) is 0 Å². The molecule has 0 aliphatic heterocycles. The molecule has 2 amide bonds. The van der Waals surface area contributed by atoms with Gasteiger partial charge in [0.15, 0.2) is 17.8 Å². The van der Waals surface area contributed by atoms with Crippen LogP contribution in [0.15, 0.2) is 82.2 Å². The molecule has 4 aromatic rings. The summed E-state index contributed by atoms with van der Waals surface area (Å²) in [4.78, 5) is 29.2. The predicted molar refractivity (Wildman–Crippen MR) is 108 cm³/mol. The molecular formula is C21H14ClN3O4. The second-order valence-electron chi connectivity index (χ2n) is 5.98. The molecule has 2 aromatic carbocycles. The van der Waals surface area contributed by atoms with E-state index in [0.29, 0.717) is 17.1 Å². The van der Waals surface area contributed by atoms with Crippen molar-refractivity contribution < 1.29 is 18.4 Å². The maximum absolute atomic E-state index is 12.6. The molecule has 29 heavy (non-hydrogen) atoms. The van der Waals surface area contributed by atoms with Gasteiger partial charge in [-0.25, -0.2) is 4.98 Å². The molecule has 0 spiro atoms. The number of nitrogens with zero attached hydrogens (tertiary/aromatic N) is 1. The molecule has 0 saturated heterocycles. The quantitative estimate of drug-likeness (QED) is 0.480. The highest BCUT2D eigenvalue weighted by Gasteiger charge is 2.21. The second kappa shape index (κ2) is 8.04. The van der Waals surface area contributed by atoms with Crippen molar-refractivity contribution in [1.82, 2.24) is 4.98 Å². The second-order valence-corrected chi connectivity index (χ2v) is 6.38. The molecule has 0 saturated carbocycles. The van der Waals surface area contributed by atoms with Crippen LogP contribution in [-0.2, 0) is 0 Å². The lowest BCUT2D eigenvalue weighted by atomic mass is 10.1. The van der Waals surface area contributed by atoms with Crippen molar-refractivity contribution in [3.8, 4) is 11.5 Å². The molecule has 7 nitrogen and oxygen atoms in total. The monoisotopic (exact) mass is 407 g/mol. The minimum atomic E-state index is -0.512. The molecule has 0 bridgehead atoms. The van der Waals surface area contributed by atoms with Gasteiger partial charge in [0.1, 0.15) is 0 Å². The Morgan fingerprint density at radius 1 is 0.862 bits per heavy atom. The highest BCUT2D eigenvalue weighted by Crippen LogP contribution is 2.26. The summed E-state index contributed by atoms with van der Waals surface area (Å²) in [6, 6.07) is 16.9.